The van der Waals surface area contributed by atoms with E-state index in [1.165, 1.54) is 30.5 Å². The number of hydrogen-bond donors (Lipinski definition) is 0. The van der Waals surface area contributed by atoms with Crippen LogP contribution in [0.5, 0.6) is 0 Å². The van der Waals surface area contributed by atoms with Crippen LogP contribution in [0, 0.1) is 22.0 Å². The van der Waals surface area contributed by atoms with E-state index in [1.54, 1.807) is 23.2 Å². The molecule has 0 N–H and O–H groups in total. The van der Waals surface area contributed by atoms with Crippen molar-refractivity contribution in [3.8, 4) is 0 Å². The van der Waals surface area contributed by atoms with Crippen molar-refractivity contribution in [3.63, 3.8) is 0 Å². The summed E-state index contributed by atoms with van der Waals surface area (Å²) in [6, 6.07) is 14.6. The minimum absolute atomic E-state index is 0.116. The topological polar surface area (TPSA) is 114 Å². The molecule has 0 bridgehead atoms. The fraction of sp³-hybridized carbons (Fsp3) is 0.160. The van der Waals surface area contributed by atoms with Crippen LogP contribution in [0.1, 0.15) is 27.7 Å². The van der Waals surface area contributed by atoms with Crippen molar-refractivity contribution >= 4 is 35.0 Å². The molecule has 4 atom stereocenters. The Kier molecular flexibility index (Phi) is 4.28. The lowest BCUT2D eigenvalue weighted by Gasteiger charge is -2.35. The standard InChI is InChI=1S/C25H17N3O6/c29-23(18-6-3-13-34-18)22-20-19(21-17-5-2-1-4-14(17)11-12-26(21)22)24(30)27(25(20)31)15-7-9-16(10-8-15)28(32)33/h1-13,19-22H/t19-,20+,21?,22-/m0/s1. The summed E-state index contributed by atoms with van der Waals surface area (Å²) >= 11 is 0. The highest BCUT2D eigenvalue weighted by Crippen LogP contribution is 2.53. The van der Waals surface area contributed by atoms with E-state index in [0.717, 1.165) is 16.0 Å². The molecule has 3 aliphatic rings. The third-order valence-electron chi connectivity index (χ3n) is 6.81. The number of ketones is 1. The number of non-ortho nitro benzene ring substituents is 1. The number of benzene rings is 2. The third kappa shape index (κ3) is 2.70. The zero-order chi connectivity index (χ0) is 23.6. The Labute approximate surface area is 193 Å². The molecule has 2 amide bonds. The van der Waals surface area contributed by atoms with Gasteiger partial charge >= 0.3 is 0 Å². The van der Waals surface area contributed by atoms with Gasteiger partial charge < -0.3 is 9.32 Å². The predicted octanol–water partition coefficient (Wildman–Crippen LogP) is 3.59. The average molecular weight is 455 g/mol. The minimum Gasteiger partial charge on any atom is -0.461 e. The predicted molar refractivity (Wildman–Crippen MR) is 119 cm³/mol. The normalized spacial score (nSPS) is 24.7. The molecule has 0 saturated carbocycles. The first-order valence-corrected chi connectivity index (χ1v) is 10.7. The number of amides is 2. The van der Waals surface area contributed by atoms with E-state index < -0.39 is 40.7 Å². The second-order valence-electron chi connectivity index (χ2n) is 8.46. The van der Waals surface area contributed by atoms with Crippen molar-refractivity contribution in [3.05, 3.63) is 100 Å². The van der Waals surface area contributed by atoms with E-state index in [1.807, 2.05) is 30.3 Å². The number of anilines is 1. The van der Waals surface area contributed by atoms with Gasteiger partial charge in [-0.05, 0) is 41.5 Å². The first kappa shape index (κ1) is 20.1. The summed E-state index contributed by atoms with van der Waals surface area (Å²) in [6.07, 6.45) is 5.04. The Morgan fingerprint density at radius 2 is 1.68 bits per heavy atom. The molecule has 6 rings (SSSR count). The molecule has 3 aromatic rings. The molecule has 2 aromatic carbocycles. The molecular formula is C25H17N3O6. The quantitative estimate of drug-likeness (QED) is 0.256. The Balaban J connectivity index is 1.47. The van der Waals surface area contributed by atoms with Crippen molar-refractivity contribution in [2.24, 2.45) is 11.8 Å². The van der Waals surface area contributed by atoms with Gasteiger partial charge in [0.05, 0.1) is 34.8 Å². The summed E-state index contributed by atoms with van der Waals surface area (Å²) in [7, 11) is 0. The maximum absolute atomic E-state index is 13.7. The maximum Gasteiger partial charge on any atom is 0.269 e. The zero-order valence-electron chi connectivity index (χ0n) is 17.6. The number of rotatable bonds is 4. The highest BCUT2D eigenvalue weighted by Gasteiger charge is 2.64. The lowest BCUT2D eigenvalue weighted by atomic mass is 9.84. The summed E-state index contributed by atoms with van der Waals surface area (Å²) < 4.78 is 5.34. The fourth-order valence-electron chi connectivity index (χ4n) is 5.40. The largest absolute Gasteiger partial charge is 0.461 e. The van der Waals surface area contributed by atoms with E-state index in [-0.39, 0.29) is 22.9 Å². The maximum atomic E-state index is 13.7. The van der Waals surface area contributed by atoms with Crippen LogP contribution in [0.3, 0.4) is 0 Å². The molecule has 0 spiro atoms. The van der Waals surface area contributed by atoms with E-state index >= 15 is 0 Å². The highest BCUT2D eigenvalue weighted by molar-refractivity contribution is 6.24. The number of nitro benzene ring substituents is 1. The lowest BCUT2D eigenvalue weighted by Crippen LogP contribution is -2.44. The zero-order valence-corrected chi connectivity index (χ0v) is 17.6. The highest BCUT2D eigenvalue weighted by atomic mass is 16.6. The van der Waals surface area contributed by atoms with Crippen LogP contribution in [-0.2, 0) is 9.59 Å². The molecule has 168 valence electrons. The summed E-state index contributed by atoms with van der Waals surface area (Å²) in [6.45, 7) is 0. The van der Waals surface area contributed by atoms with Crippen molar-refractivity contribution in [2.75, 3.05) is 4.90 Å². The second-order valence-corrected chi connectivity index (χ2v) is 8.46. The molecule has 34 heavy (non-hydrogen) atoms. The smallest absolute Gasteiger partial charge is 0.269 e. The first-order valence-electron chi connectivity index (χ1n) is 10.7. The SMILES string of the molecule is O=C(c1ccco1)[C@@H]1[C@@H]2C(=O)N(c3ccc([N+](=O)[O-])cc3)C(=O)[C@@H]2C2c3ccccc3C=CN21. The molecule has 0 radical (unpaired) electrons. The van der Waals surface area contributed by atoms with Crippen LogP contribution in [-0.4, -0.2) is 33.5 Å². The lowest BCUT2D eigenvalue weighted by molar-refractivity contribution is -0.384. The Morgan fingerprint density at radius 3 is 2.38 bits per heavy atom. The number of fused-ring (bicyclic) bond motifs is 5. The van der Waals surface area contributed by atoms with Crippen LogP contribution in [0.25, 0.3) is 6.08 Å². The van der Waals surface area contributed by atoms with Gasteiger partial charge in [-0.25, -0.2) is 4.90 Å². The van der Waals surface area contributed by atoms with Crippen LogP contribution in [0.2, 0.25) is 0 Å². The van der Waals surface area contributed by atoms with Gasteiger partial charge in [0.25, 0.3) is 5.69 Å². The van der Waals surface area contributed by atoms with Gasteiger partial charge in [0.15, 0.2) is 5.76 Å². The third-order valence-corrected chi connectivity index (χ3v) is 6.81. The Bertz CT molecular complexity index is 1380. The van der Waals surface area contributed by atoms with Crippen molar-refractivity contribution in [1.82, 2.24) is 4.90 Å². The summed E-state index contributed by atoms with van der Waals surface area (Å²) in [4.78, 5) is 54.3. The van der Waals surface area contributed by atoms with Crippen molar-refractivity contribution in [2.45, 2.75) is 12.1 Å². The van der Waals surface area contributed by atoms with Crippen LogP contribution in [0.15, 0.2) is 77.5 Å². The van der Waals surface area contributed by atoms with Crippen LogP contribution < -0.4 is 4.90 Å². The Hall–Kier alpha value is -4.53. The number of imide groups is 1. The number of carbonyl (C=O) groups excluding carboxylic acids is 3. The summed E-state index contributed by atoms with van der Waals surface area (Å²) in [5, 5.41) is 11.0. The monoisotopic (exact) mass is 455 g/mol. The molecule has 2 saturated heterocycles. The van der Waals surface area contributed by atoms with E-state index in [4.69, 9.17) is 4.42 Å². The van der Waals surface area contributed by atoms with Gasteiger partial charge in [-0.3, -0.25) is 24.5 Å². The number of nitro groups is 1. The molecule has 9 heteroatoms. The minimum atomic E-state index is -0.930. The summed E-state index contributed by atoms with van der Waals surface area (Å²) in [5.41, 5.74) is 1.88. The average Bonchev–Trinajstić information content (AvgIpc) is 3.55. The van der Waals surface area contributed by atoms with Gasteiger partial charge in [-0.1, -0.05) is 24.3 Å². The number of carbonyl (C=O) groups is 3. The van der Waals surface area contributed by atoms with Crippen LogP contribution >= 0.6 is 0 Å². The van der Waals surface area contributed by atoms with Gasteiger partial charge in [0, 0.05) is 18.3 Å². The molecule has 2 fully saturated rings. The van der Waals surface area contributed by atoms with E-state index in [2.05, 4.69) is 0 Å². The second kappa shape index (κ2) is 7.24. The summed E-state index contributed by atoms with van der Waals surface area (Å²) in [5.74, 6) is -2.92. The van der Waals surface area contributed by atoms with E-state index in [0.29, 0.717) is 0 Å². The number of nitrogens with zero attached hydrogens (tertiary/aromatic N) is 3. The van der Waals surface area contributed by atoms with Gasteiger partial charge in [0.1, 0.15) is 6.04 Å². The van der Waals surface area contributed by atoms with Crippen LogP contribution in [0.4, 0.5) is 11.4 Å². The van der Waals surface area contributed by atoms with Gasteiger partial charge in [-0.15, -0.1) is 0 Å². The first-order chi connectivity index (χ1) is 16.5. The van der Waals surface area contributed by atoms with Crippen molar-refractivity contribution in [1.29, 1.82) is 0 Å². The number of hydrogen-bond acceptors (Lipinski definition) is 7. The fourth-order valence-corrected chi connectivity index (χ4v) is 5.40. The van der Waals surface area contributed by atoms with Gasteiger partial charge in [0.2, 0.25) is 17.6 Å². The number of Topliss-reactive ketones (excluding diaryl/α,β-unsaturated/α-hetero) is 1. The number of furan rings is 1. The molecule has 4 heterocycles. The molecular weight excluding hydrogens is 438 g/mol. The molecule has 1 unspecified atom stereocenters. The molecule has 1 aromatic heterocycles. The molecule has 0 aliphatic carbocycles. The van der Waals surface area contributed by atoms with Crippen molar-refractivity contribution < 1.29 is 23.7 Å². The van der Waals surface area contributed by atoms with E-state index in [9.17, 15) is 24.5 Å². The molecule has 3 aliphatic heterocycles. The van der Waals surface area contributed by atoms with Gasteiger partial charge in [-0.2, -0.15) is 0 Å². The Morgan fingerprint density at radius 1 is 0.941 bits per heavy atom. The molecule has 9 nitrogen and oxygen atoms in total.